The summed E-state index contributed by atoms with van der Waals surface area (Å²) in [6, 6.07) is 4.47. The minimum atomic E-state index is -0.723. The van der Waals surface area contributed by atoms with Crippen LogP contribution >= 0.6 is 0 Å². The molecule has 3 nitrogen and oxygen atoms in total. The van der Waals surface area contributed by atoms with Crippen LogP contribution in [0.25, 0.3) is 0 Å². The zero-order valence-electron chi connectivity index (χ0n) is 9.99. The van der Waals surface area contributed by atoms with E-state index in [4.69, 9.17) is 4.74 Å². The average Bonchev–Trinajstić information content (AvgIpc) is 2.64. The summed E-state index contributed by atoms with van der Waals surface area (Å²) in [5.41, 5.74) is 0.241. The number of rotatable bonds is 3. The first-order chi connectivity index (χ1) is 8.59. The van der Waals surface area contributed by atoms with Crippen LogP contribution in [0.5, 0.6) is 5.75 Å². The molecule has 1 aliphatic heterocycles. The van der Waals surface area contributed by atoms with E-state index in [-0.39, 0.29) is 11.9 Å². The van der Waals surface area contributed by atoms with Crippen molar-refractivity contribution in [3.8, 4) is 5.75 Å². The van der Waals surface area contributed by atoms with Crippen molar-refractivity contribution < 1.29 is 19.0 Å². The highest BCUT2D eigenvalue weighted by Gasteiger charge is 2.47. The van der Waals surface area contributed by atoms with Crippen LogP contribution in [-0.4, -0.2) is 17.2 Å². The van der Waals surface area contributed by atoms with Gasteiger partial charge in [0.25, 0.3) is 0 Å². The topological polar surface area (TPSA) is 46.5 Å². The van der Waals surface area contributed by atoms with Gasteiger partial charge in [0.2, 0.25) is 0 Å². The third-order valence-electron chi connectivity index (χ3n) is 4.15. The molecule has 1 unspecified atom stereocenters. The minimum Gasteiger partial charge on any atom is -0.490 e. The van der Waals surface area contributed by atoms with Crippen molar-refractivity contribution in [2.24, 2.45) is 5.41 Å². The second kappa shape index (κ2) is 3.97. The lowest BCUT2D eigenvalue weighted by Crippen LogP contribution is -2.41. The van der Waals surface area contributed by atoms with E-state index in [1.807, 2.05) is 0 Å². The van der Waals surface area contributed by atoms with Gasteiger partial charge in [-0.1, -0.05) is 6.42 Å². The van der Waals surface area contributed by atoms with E-state index in [2.05, 4.69) is 0 Å². The van der Waals surface area contributed by atoms with Crippen LogP contribution in [0, 0.1) is 11.2 Å². The molecule has 1 fully saturated rings. The number of fused-ring (bicyclic) bond motifs is 1. The Labute approximate surface area is 105 Å². The molecule has 0 bridgehead atoms. The number of carbonyl (C=O) groups is 1. The minimum absolute atomic E-state index is 0.127. The van der Waals surface area contributed by atoms with Crippen molar-refractivity contribution in [1.29, 1.82) is 0 Å². The van der Waals surface area contributed by atoms with Crippen LogP contribution < -0.4 is 4.74 Å². The zero-order valence-corrected chi connectivity index (χ0v) is 9.99. The first-order valence-electron chi connectivity index (χ1n) is 6.28. The lowest BCUT2D eigenvalue weighted by molar-refractivity contribution is -0.156. The van der Waals surface area contributed by atoms with Crippen LogP contribution in [0.3, 0.4) is 0 Å². The maximum Gasteiger partial charge on any atom is 0.309 e. The van der Waals surface area contributed by atoms with Gasteiger partial charge in [0.1, 0.15) is 17.7 Å². The Kier molecular flexibility index (Phi) is 2.54. The molecule has 3 rings (SSSR count). The smallest absolute Gasteiger partial charge is 0.309 e. The lowest BCUT2D eigenvalue weighted by Gasteiger charge is -2.39. The number of carboxylic acids is 1. The molecule has 18 heavy (non-hydrogen) atoms. The molecular weight excluding hydrogens is 235 g/mol. The number of aliphatic carboxylic acids is 1. The van der Waals surface area contributed by atoms with Crippen LogP contribution in [0.4, 0.5) is 4.39 Å². The predicted molar refractivity (Wildman–Crippen MR) is 63.1 cm³/mol. The molecule has 2 aliphatic rings. The highest BCUT2D eigenvalue weighted by molar-refractivity contribution is 5.75. The van der Waals surface area contributed by atoms with Gasteiger partial charge in [0, 0.05) is 18.4 Å². The second-order valence-corrected chi connectivity index (χ2v) is 5.34. The van der Waals surface area contributed by atoms with Crippen LogP contribution in [-0.2, 0) is 11.2 Å². The Morgan fingerprint density at radius 3 is 2.89 bits per heavy atom. The average molecular weight is 250 g/mol. The Morgan fingerprint density at radius 1 is 1.50 bits per heavy atom. The molecule has 0 amide bonds. The first-order valence-corrected chi connectivity index (χ1v) is 6.28. The van der Waals surface area contributed by atoms with Crippen molar-refractivity contribution in [2.45, 2.75) is 38.2 Å². The lowest BCUT2D eigenvalue weighted by atomic mass is 9.65. The maximum atomic E-state index is 13.1. The van der Waals surface area contributed by atoms with Gasteiger partial charge in [0.15, 0.2) is 0 Å². The van der Waals surface area contributed by atoms with Gasteiger partial charge < -0.3 is 9.84 Å². The molecule has 96 valence electrons. The Balaban J connectivity index is 1.73. The molecular formula is C14H15FO3. The monoisotopic (exact) mass is 250 g/mol. The van der Waals surface area contributed by atoms with Gasteiger partial charge in [-0.15, -0.1) is 0 Å². The Bertz CT molecular complexity index is 494. The molecule has 1 aromatic rings. The fourth-order valence-electron chi connectivity index (χ4n) is 2.95. The molecule has 1 heterocycles. The highest BCUT2D eigenvalue weighted by atomic mass is 19.1. The molecule has 0 aromatic heterocycles. The zero-order chi connectivity index (χ0) is 12.8. The van der Waals surface area contributed by atoms with Gasteiger partial charge in [-0.25, -0.2) is 4.39 Å². The maximum absolute atomic E-state index is 13.1. The summed E-state index contributed by atoms with van der Waals surface area (Å²) in [4.78, 5) is 11.3. The van der Waals surface area contributed by atoms with Gasteiger partial charge in [0.05, 0.1) is 5.41 Å². The molecule has 1 atom stereocenters. The fraction of sp³-hybridized carbons (Fsp3) is 0.500. The van der Waals surface area contributed by atoms with E-state index in [9.17, 15) is 14.3 Å². The van der Waals surface area contributed by atoms with Gasteiger partial charge in [-0.05, 0) is 31.0 Å². The number of carboxylic acid groups (broad SMARTS) is 1. The number of hydrogen-bond donors (Lipinski definition) is 1. The van der Waals surface area contributed by atoms with Gasteiger partial charge in [-0.2, -0.15) is 0 Å². The third-order valence-corrected chi connectivity index (χ3v) is 4.15. The predicted octanol–water partition coefficient (Wildman–Crippen LogP) is 2.77. The summed E-state index contributed by atoms with van der Waals surface area (Å²) < 4.78 is 18.8. The van der Waals surface area contributed by atoms with Gasteiger partial charge in [-0.3, -0.25) is 4.79 Å². The summed E-state index contributed by atoms with van der Waals surface area (Å²) in [6.45, 7) is 0. The number of halogens is 1. The summed E-state index contributed by atoms with van der Waals surface area (Å²) in [7, 11) is 0. The quantitative estimate of drug-likeness (QED) is 0.897. The van der Waals surface area contributed by atoms with Crippen LogP contribution in [0.2, 0.25) is 0 Å². The third kappa shape index (κ3) is 1.76. The van der Waals surface area contributed by atoms with E-state index >= 15 is 0 Å². The SMILES string of the molecule is O=C(O)C1(CC2Cc3cc(F)ccc3O2)CCC1. The standard InChI is InChI=1S/C14H15FO3/c15-10-2-3-12-9(6-10)7-11(18-12)8-14(13(16)17)4-1-5-14/h2-3,6,11H,1,4-5,7-8H2,(H,16,17). The molecule has 4 heteroatoms. The number of benzene rings is 1. The van der Waals surface area contributed by atoms with Crippen molar-refractivity contribution in [3.63, 3.8) is 0 Å². The van der Waals surface area contributed by atoms with E-state index < -0.39 is 11.4 Å². The van der Waals surface area contributed by atoms with E-state index in [1.54, 1.807) is 6.07 Å². The van der Waals surface area contributed by atoms with E-state index in [1.165, 1.54) is 12.1 Å². The second-order valence-electron chi connectivity index (χ2n) is 5.34. The van der Waals surface area contributed by atoms with Crippen LogP contribution in [0.1, 0.15) is 31.2 Å². The van der Waals surface area contributed by atoms with Crippen molar-refractivity contribution >= 4 is 5.97 Å². The number of hydrogen-bond acceptors (Lipinski definition) is 2. The molecule has 1 aromatic carbocycles. The first kappa shape index (κ1) is 11.5. The molecule has 1 saturated carbocycles. The molecule has 1 N–H and O–H groups in total. The molecule has 0 radical (unpaired) electrons. The highest BCUT2D eigenvalue weighted by Crippen LogP contribution is 2.47. The van der Waals surface area contributed by atoms with Crippen molar-refractivity contribution in [1.82, 2.24) is 0 Å². The number of ether oxygens (including phenoxy) is 1. The molecule has 1 aliphatic carbocycles. The van der Waals surface area contributed by atoms with Crippen molar-refractivity contribution in [3.05, 3.63) is 29.6 Å². The Hall–Kier alpha value is -1.58. The summed E-state index contributed by atoms with van der Waals surface area (Å²) >= 11 is 0. The summed E-state index contributed by atoms with van der Waals surface area (Å²) in [5.74, 6) is -0.296. The molecule has 0 spiro atoms. The summed E-state index contributed by atoms with van der Waals surface area (Å²) in [5, 5.41) is 9.29. The van der Waals surface area contributed by atoms with Gasteiger partial charge >= 0.3 is 5.97 Å². The van der Waals surface area contributed by atoms with E-state index in [0.29, 0.717) is 18.6 Å². The fourth-order valence-corrected chi connectivity index (χ4v) is 2.95. The largest absolute Gasteiger partial charge is 0.490 e. The van der Waals surface area contributed by atoms with Crippen LogP contribution in [0.15, 0.2) is 18.2 Å². The van der Waals surface area contributed by atoms with E-state index in [0.717, 1.165) is 24.8 Å². The molecule has 0 saturated heterocycles. The summed E-state index contributed by atoms with van der Waals surface area (Å²) in [6.07, 6.45) is 3.44. The normalized spacial score (nSPS) is 23.9. The van der Waals surface area contributed by atoms with Crippen molar-refractivity contribution in [2.75, 3.05) is 0 Å². The Morgan fingerprint density at radius 2 is 2.28 bits per heavy atom.